The highest BCUT2D eigenvalue weighted by atomic mass is 16.7. The Kier molecular flexibility index (Phi) is 6.50. The molecule has 2 atom stereocenters. The standard InChI is InChI=1S/C27H35N7O4/c35-27-21(13-18-14-23-24(38-17-37-23)15-22(18)28-27)25(26-29-30-31-34(26)16-20-7-4-12-36-20)33-10-8-32(9-11-33)19-5-2-1-3-6-19/h13-15,19-20,25H,1-12,16-17H2,(H,28,35). The summed E-state index contributed by atoms with van der Waals surface area (Å²) in [6.45, 7) is 5.23. The molecule has 7 rings (SSSR count). The first-order chi connectivity index (χ1) is 18.7. The van der Waals surface area contributed by atoms with E-state index in [1.165, 1.54) is 32.1 Å². The molecule has 1 aliphatic carbocycles. The van der Waals surface area contributed by atoms with Crippen LogP contribution in [0.3, 0.4) is 0 Å². The van der Waals surface area contributed by atoms with Gasteiger partial charge in [0.1, 0.15) is 6.04 Å². The summed E-state index contributed by atoms with van der Waals surface area (Å²) in [7, 11) is 0. The Balaban J connectivity index is 1.24. The molecule has 2 saturated heterocycles. The fraction of sp³-hybridized carbons (Fsp3) is 0.630. The van der Waals surface area contributed by atoms with Gasteiger partial charge in [-0.15, -0.1) is 5.10 Å². The number of benzene rings is 1. The molecule has 3 aliphatic heterocycles. The molecule has 1 aromatic carbocycles. The van der Waals surface area contributed by atoms with E-state index >= 15 is 0 Å². The molecule has 3 fully saturated rings. The van der Waals surface area contributed by atoms with E-state index in [2.05, 4.69) is 30.3 Å². The van der Waals surface area contributed by atoms with Crippen LogP contribution in [0, 0.1) is 0 Å². The number of nitrogens with zero attached hydrogens (tertiary/aromatic N) is 6. The monoisotopic (exact) mass is 521 g/mol. The Morgan fingerprint density at radius 2 is 1.79 bits per heavy atom. The molecule has 3 aromatic rings. The maximum atomic E-state index is 13.6. The van der Waals surface area contributed by atoms with E-state index in [9.17, 15) is 4.79 Å². The second-order valence-corrected chi connectivity index (χ2v) is 11.0. The van der Waals surface area contributed by atoms with Gasteiger partial charge in [0, 0.05) is 55.8 Å². The van der Waals surface area contributed by atoms with Crippen LogP contribution in [0.5, 0.6) is 11.5 Å². The molecule has 0 spiro atoms. The van der Waals surface area contributed by atoms with Crippen LogP contribution < -0.4 is 15.0 Å². The highest BCUT2D eigenvalue weighted by Crippen LogP contribution is 2.36. The number of piperazine rings is 1. The lowest BCUT2D eigenvalue weighted by atomic mass is 9.93. The van der Waals surface area contributed by atoms with Crippen LogP contribution in [0.1, 0.15) is 62.4 Å². The molecule has 1 N–H and O–H groups in total. The van der Waals surface area contributed by atoms with Gasteiger partial charge in [-0.25, -0.2) is 4.68 Å². The SMILES string of the molecule is O=c1[nH]c2cc3c(cc2cc1C(c1nnnn1CC1CCCO1)N1CCN(C2CCCCC2)CC1)OCO3. The van der Waals surface area contributed by atoms with E-state index < -0.39 is 0 Å². The molecule has 11 heteroatoms. The second kappa shape index (κ2) is 10.3. The molecular weight excluding hydrogens is 486 g/mol. The summed E-state index contributed by atoms with van der Waals surface area (Å²) in [5, 5.41) is 13.8. The number of tetrazole rings is 1. The number of nitrogens with one attached hydrogen (secondary N) is 1. The number of H-pyrrole nitrogens is 1. The van der Waals surface area contributed by atoms with Gasteiger partial charge in [-0.2, -0.15) is 0 Å². The molecule has 202 valence electrons. The Morgan fingerprint density at radius 3 is 2.58 bits per heavy atom. The fourth-order valence-corrected chi connectivity index (χ4v) is 6.64. The molecule has 1 saturated carbocycles. The summed E-state index contributed by atoms with van der Waals surface area (Å²) in [6.07, 6.45) is 8.75. The average Bonchev–Trinajstić information content (AvgIpc) is 3.72. The van der Waals surface area contributed by atoms with E-state index in [-0.39, 0.29) is 24.5 Å². The largest absolute Gasteiger partial charge is 0.454 e. The Hall–Kier alpha value is -3.02. The number of ether oxygens (including phenoxy) is 3. The van der Waals surface area contributed by atoms with Gasteiger partial charge in [-0.3, -0.25) is 14.6 Å². The highest BCUT2D eigenvalue weighted by molar-refractivity contribution is 5.83. The van der Waals surface area contributed by atoms with Gasteiger partial charge in [0.2, 0.25) is 6.79 Å². The van der Waals surface area contributed by atoms with Gasteiger partial charge in [-0.1, -0.05) is 19.3 Å². The van der Waals surface area contributed by atoms with Crippen molar-refractivity contribution in [2.45, 2.75) is 69.7 Å². The number of hydrogen-bond acceptors (Lipinski definition) is 9. The summed E-state index contributed by atoms with van der Waals surface area (Å²) in [4.78, 5) is 21.7. The van der Waals surface area contributed by atoms with Gasteiger partial charge < -0.3 is 19.2 Å². The number of fused-ring (bicyclic) bond motifs is 2. The molecular formula is C27H35N7O4. The first-order valence-electron chi connectivity index (χ1n) is 14.1. The molecule has 0 bridgehead atoms. The normalized spacial score (nSPS) is 23.8. The molecule has 2 unspecified atom stereocenters. The maximum absolute atomic E-state index is 13.6. The molecule has 2 aromatic heterocycles. The Morgan fingerprint density at radius 1 is 0.974 bits per heavy atom. The van der Waals surface area contributed by atoms with Crippen molar-refractivity contribution in [1.29, 1.82) is 0 Å². The fourth-order valence-electron chi connectivity index (χ4n) is 6.64. The van der Waals surface area contributed by atoms with Crippen molar-refractivity contribution in [1.82, 2.24) is 35.0 Å². The third-order valence-corrected chi connectivity index (χ3v) is 8.67. The third kappa shape index (κ3) is 4.56. The van der Waals surface area contributed by atoms with Crippen molar-refractivity contribution in [3.63, 3.8) is 0 Å². The zero-order chi connectivity index (χ0) is 25.5. The van der Waals surface area contributed by atoms with Crippen molar-refractivity contribution in [2.75, 3.05) is 39.6 Å². The minimum Gasteiger partial charge on any atom is -0.454 e. The molecule has 5 heterocycles. The van der Waals surface area contributed by atoms with Crippen LogP contribution in [-0.4, -0.2) is 86.7 Å². The number of hydrogen-bond donors (Lipinski definition) is 1. The predicted octanol–water partition coefficient (Wildman–Crippen LogP) is 2.46. The van der Waals surface area contributed by atoms with Crippen LogP contribution >= 0.6 is 0 Å². The lowest BCUT2D eigenvalue weighted by Crippen LogP contribution is -2.52. The smallest absolute Gasteiger partial charge is 0.253 e. The van der Waals surface area contributed by atoms with Crippen molar-refractivity contribution < 1.29 is 14.2 Å². The zero-order valence-corrected chi connectivity index (χ0v) is 21.7. The summed E-state index contributed by atoms with van der Waals surface area (Å²) >= 11 is 0. The van der Waals surface area contributed by atoms with E-state index in [1.807, 2.05) is 22.9 Å². The number of aromatic amines is 1. The average molecular weight is 522 g/mol. The second-order valence-electron chi connectivity index (χ2n) is 11.0. The van der Waals surface area contributed by atoms with Crippen molar-refractivity contribution in [2.24, 2.45) is 0 Å². The van der Waals surface area contributed by atoms with Crippen molar-refractivity contribution in [3.05, 3.63) is 39.9 Å². The first kappa shape index (κ1) is 24.1. The first-order valence-corrected chi connectivity index (χ1v) is 14.1. The Labute approximate surface area is 221 Å². The van der Waals surface area contributed by atoms with E-state index in [4.69, 9.17) is 14.2 Å². The third-order valence-electron chi connectivity index (χ3n) is 8.67. The number of aromatic nitrogens is 5. The van der Waals surface area contributed by atoms with E-state index in [1.54, 1.807) is 0 Å². The highest BCUT2D eigenvalue weighted by Gasteiger charge is 2.35. The van der Waals surface area contributed by atoms with Gasteiger partial charge in [0.15, 0.2) is 17.3 Å². The van der Waals surface area contributed by atoms with E-state index in [0.717, 1.165) is 56.5 Å². The number of rotatable bonds is 6. The minimum absolute atomic E-state index is 0.0932. The summed E-state index contributed by atoms with van der Waals surface area (Å²) in [5.41, 5.74) is 1.23. The summed E-state index contributed by atoms with van der Waals surface area (Å²) in [6, 6.07) is 6.06. The van der Waals surface area contributed by atoms with Gasteiger partial charge >= 0.3 is 0 Å². The Bertz CT molecular complexity index is 1340. The van der Waals surface area contributed by atoms with Gasteiger partial charge in [0.25, 0.3) is 5.56 Å². The molecule has 4 aliphatic rings. The molecule has 38 heavy (non-hydrogen) atoms. The lowest BCUT2D eigenvalue weighted by molar-refractivity contribution is 0.0593. The topological polar surface area (TPSA) is 111 Å². The molecule has 0 amide bonds. The van der Waals surface area contributed by atoms with Crippen LogP contribution in [0.15, 0.2) is 23.0 Å². The predicted molar refractivity (Wildman–Crippen MR) is 139 cm³/mol. The zero-order valence-electron chi connectivity index (χ0n) is 21.7. The maximum Gasteiger partial charge on any atom is 0.253 e. The van der Waals surface area contributed by atoms with E-state index in [0.29, 0.717) is 35.5 Å². The quantitative estimate of drug-likeness (QED) is 0.523. The van der Waals surface area contributed by atoms with Crippen LogP contribution in [0.4, 0.5) is 0 Å². The number of pyridine rings is 1. The van der Waals surface area contributed by atoms with Crippen molar-refractivity contribution >= 4 is 10.9 Å². The van der Waals surface area contributed by atoms with Crippen LogP contribution in [0.2, 0.25) is 0 Å². The van der Waals surface area contributed by atoms with Crippen molar-refractivity contribution in [3.8, 4) is 11.5 Å². The van der Waals surface area contributed by atoms with Gasteiger partial charge in [0.05, 0.1) is 18.2 Å². The minimum atomic E-state index is -0.363. The molecule has 11 nitrogen and oxygen atoms in total. The van der Waals surface area contributed by atoms with Crippen LogP contribution in [0.25, 0.3) is 10.9 Å². The summed E-state index contributed by atoms with van der Waals surface area (Å²) < 4.78 is 18.9. The van der Waals surface area contributed by atoms with Crippen LogP contribution in [-0.2, 0) is 11.3 Å². The van der Waals surface area contributed by atoms with Gasteiger partial charge in [-0.05, 0) is 48.2 Å². The summed E-state index contributed by atoms with van der Waals surface area (Å²) in [5.74, 6) is 2.03. The lowest BCUT2D eigenvalue weighted by Gasteiger charge is -2.43. The molecule has 0 radical (unpaired) electrons.